The fourth-order valence-electron chi connectivity index (χ4n) is 2.11. The monoisotopic (exact) mass is 211 g/mol. The summed E-state index contributed by atoms with van der Waals surface area (Å²) < 4.78 is 0. The number of nitrogens with one attached hydrogen (secondary N) is 2. The molecule has 2 aliphatic rings. The predicted molar refractivity (Wildman–Crippen MR) is 59.8 cm³/mol. The molecule has 1 atom stereocenters. The van der Waals surface area contributed by atoms with E-state index in [2.05, 4.69) is 17.6 Å². The van der Waals surface area contributed by atoms with Crippen molar-refractivity contribution in [1.29, 1.82) is 0 Å². The van der Waals surface area contributed by atoms with Gasteiger partial charge in [-0.15, -0.1) is 0 Å². The Morgan fingerprint density at radius 3 is 2.80 bits per heavy atom. The summed E-state index contributed by atoms with van der Waals surface area (Å²) >= 11 is 0. The van der Waals surface area contributed by atoms with Crippen molar-refractivity contribution in [2.24, 2.45) is 0 Å². The number of likely N-dealkylation sites (tertiary alicyclic amines) is 1. The maximum absolute atomic E-state index is 11.8. The zero-order valence-electron chi connectivity index (χ0n) is 9.46. The molecule has 86 valence electrons. The average Bonchev–Trinajstić information content (AvgIpc) is 3.03. The molecule has 0 aromatic rings. The lowest BCUT2D eigenvalue weighted by atomic mass is 10.1. The van der Waals surface area contributed by atoms with E-state index in [0.717, 1.165) is 38.9 Å². The van der Waals surface area contributed by atoms with Gasteiger partial charge in [0, 0.05) is 25.2 Å². The van der Waals surface area contributed by atoms with Crippen molar-refractivity contribution < 1.29 is 4.79 Å². The molecule has 0 radical (unpaired) electrons. The van der Waals surface area contributed by atoms with Gasteiger partial charge in [0.15, 0.2) is 0 Å². The molecular weight excluding hydrogens is 190 g/mol. The van der Waals surface area contributed by atoms with Crippen LogP contribution in [0.3, 0.4) is 0 Å². The maximum atomic E-state index is 11.8. The number of nitrogens with zero attached hydrogens (tertiary/aromatic N) is 1. The number of carbonyl (C=O) groups excluding carboxylic acids is 1. The zero-order valence-corrected chi connectivity index (χ0v) is 9.46. The van der Waals surface area contributed by atoms with E-state index < -0.39 is 0 Å². The van der Waals surface area contributed by atoms with Crippen LogP contribution in [-0.4, -0.2) is 42.6 Å². The molecule has 4 heteroatoms. The Kier molecular flexibility index (Phi) is 3.46. The second-order valence-corrected chi connectivity index (χ2v) is 4.57. The first-order chi connectivity index (χ1) is 7.29. The second kappa shape index (κ2) is 4.84. The summed E-state index contributed by atoms with van der Waals surface area (Å²) in [5.41, 5.74) is 0. The second-order valence-electron chi connectivity index (χ2n) is 4.57. The van der Waals surface area contributed by atoms with E-state index in [9.17, 15) is 4.79 Å². The Balaban J connectivity index is 1.77. The molecule has 0 spiro atoms. The molecule has 2 N–H and O–H groups in total. The van der Waals surface area contributed by atoms with Crippen LogP contribution >= 0.6 is 0 Å². The van der Waals surface area contributed by atoms with E-state index >= 15 is 0 Å². The third kappa shape index (κ3) is 3.09. The highest BCUT2D eigenvalue weighted by molar-refractivity contribution is 5.75. The van der Waals surface area contributed by atoms with Crippen LogP contribution in [0.4, 0.5) is 4.79 Å². The molecular formula is C11H21N3O. The highest BCUT2D eigenvalue weighted by atomic mass is 16.2. The van der Waals surface area contributed by atoms with Crippen molar-refractivity contribution in [1.82, 2.24) is 15.5 Å². The van der Waals surface area contributed by atoms with Crippen LogP contribution in [-0.2, 0) is 0 Å². The first-order valence-corrected chi connectivity index (χ1v) is 6.08. The fraction of sp³-hybridized carbons (Fsp3) is 0.909. The molecule has 1 unspecified atom stereocenters. The molecule has 15 heavy (non-hydrogen) atoms. The quantitative estimate of drug-likeness (QED) is 0.729. The third-order valence-corrected chi connectivity index (χ3v) is 3.11. The molecule has 0 bridgehead atoms. The van der Waals surface area contributed by atoms with E-state index in [0.29, 0.717) is 12.1 Å². The number of hydrogen-bond donors (Lipinski definition) is 2. The third-order valence-electron chi connectivity index (χ3n) is 3.11. The molecule has 0 aromatic carbocycles. The molecule has 0 aromatic heterocycles. The topological polar surface area (TPSA) is 44.4 Å². The number of rotatable bonds is 3. The van der Waals surface area contributed by atoms with Crippen molar-refractivity contribution in [3.8, 4) is 0 Å². The Hall–Kier alpha value is -0.770. The van der Waals surface area contributed by atoms with Crippen molar-refractivity contribution in [2.45, 2.75) is 44.7 Å². The smallest absolute Gasteiger partial charge is 0.317 e. The van der Waals surface area contributed by atoms with Crippen molar-refractivity contribution in [2.75, 3.05) is 19.6 Å². The Morgan fingerprint density at radius 2 is 2.13 bits per heavy atom. The minimum atomic E-state index is 0.139. The SMILES string of the molecule is CCNC1CCCN(C(=O)NC2CC2)C1. The van der Waals surface area contributed by atoms with Gasteiger partial charge in [-0.3, -0.25) is 0 Å². The molecule has 1 heterocycles. The van der Waals surface area contributed by atoms with Crippen LogP contribution in [0.15, 0.2) is 0 Å². The number of amides is 2. The summed E-state index contributed by atoms with van der Waals surface area (Å²) in [5.74, 6) is 0. The average molecular weight is 211 g/mol. The van der Waals surface area contributed by atoms with Gasteiger partial charge in [0.25, 0.3) is 0 Å². The number of piperidine rings is 1. The maximum Gasteiger partial charge on any atom is 0.317 e. The number of hydrogen-bond acceptors (Lipinski definition) is 2. The standard InChI is InChI=1S/C11H21N3O/c1-2-12-10-4-3-7-14(8-10)11(15)13-9-5-6-9/h9-10,12H,2-8H2,1H3,(H,13,15). The molecule has 1 aliphatic carbocycles. The van der Waals surface area contributed by atoms with Crippen LogP contribution in [0.2, 0.25) is 0 Å². The summed E-state index contributed by atoms with van der Waals surface area (Å²) in [6, 6.07) is 1.10. The predicted octanol–water partition coefficient (Wildman–Crippen LogP) is 0.932. The summed E-state index contributed by atoms with van der Waals surface area (Å²) in [6.45, 7) is 4.89. The molecule has 2 fully saturated rings. The minimum absolute atomic E-state index is 0.139. The Labute approximate surface area is 91.4 Å². The van der Waals surface area contributed by atoms with E-state index in [1.165, 1.54) is 6.42 Å². The molecule has 1 aliphatic heterocycles. The van der Waals surface area contributed by atoms with Crippen LogP contribution in [0, 0.1) is 0 Å². The van der Waals surface area contributed by atoms with Gasteiger partial charge in [-0.05, 0) is 32.2 Å². The van der Waals surface area contributed by atoms with Gasteiger partial charge in [-0.25, -0.2) is 4.79 Å². The van der Waals surface area contributed by atoms with Gasteiger partial charge in [0.1, 0.15) is 0 Å². The van der Waals surface area contributed by atoms with Gasteiger partial charge in [-0.2, -0.15) is 0 Å². The van der Waals surface area contributed by atoms with Crippen LogP contribution in [0.25, 0.3) is 0 Å². The van der Waals surface area contributed by atoms with Gasteiger partial charge in [-0.1, -0.05) is 6.92 Å². The lowest BCUT2D eigenvalue weighted by Crippen LogP contribution is -2.51. The number of likely N-dealkylation sites (N-methyl/N-ethyl adjacent to an activating group) is 1. The highest BCUT2D eigenvalue weighted by Crippen LogP contribution is 2.19. The zero-order chi connectivity index (χ0) is 10.7. The summed E-state index contributed by atoms with van der Waals surface area (Å²) in [6.07, 6.45) is 4.64. The highest BCUT2D eigenvalue weighted by Gasteiger charge is 2.28. The first-order valence-electron chi connectivity index (χ1n) is 6.08. The van der Waals surface area contributed by atoms with Crippen molar-refractivity contribution in [3.63, 3.8) is 0 Å². The molecule has 4 nitrogen and oxygen atoms in total. The number of urea groups is 1. The van der Waals surface area contributed by atoms with Crippen LogP contribution < -0.4 is 10.6 Å². The minimum Gasteiger partial charge on any atom is -0.335 e. The van der Waals surface area contributed by atoms with Gasteiger partial charge >= 0.3 is 6.03 Å². The van der Waals surface area contributed by atoms with Gasteiger partial charge in [0.2, 0.25) is 0 Å². The molecule has 1 saturated heterocycles. The molecule has 2 rings (SSSR count). The lowest BCUT2D eigenvalue weighted by molar-refractivity contribution is 0.173. The number of carbonyl (C=O) groups is 1. The first kappa shape index (κ1) is 10.7. The van der Waals surface area contributed by atoms with E-state index in [1.807, 2.05) is 4.90 Å². The molecule has 2 amide bonds. The van der Waals surface area contributed by atoms with Gasteiger partial charge < -0.3 is 15.5 Å². The van der Waals surface area contributed by atoms with E-state index in [1.54, 1.807) is 0 Å². The van der Waals surface area contributed by atoms with E-state index in [-0.39, 0.29) is 6.03 Å². The van der Waals surface area contributed by atoms with E-state index in [4.69, 9.17) is 0 Å². The normalized spacial score (nSPS) is 26.5. The summed E-state index contributed by atoms with van der Waals surface area (Å²) in [5, 5.41) is 6.46. The Morgan fingerprint density at radius 1 is 1.33 bits per heavy atom. The molecule has 1 saturated carbocycles. The van der Waals surface area contributed by atoms with Crippen LogP contribution in [0.1, 0.15) is 32.6 Å². The largest absolute Gasteiger partial charge is 0.335 e. The fourth-order valence-corrected chi connectivity index (χ4v) is 2.11. The van der Waals surface area contributed by atoms with Crippen LogP contribution in [0.5, 0.6) is 0 Å². The summed E-state index contributed by atoms with van der Waals surface area (Å²) in [7, 11) is 0. The van der Waals surface area contributed by atoms with Gasteiger partial charge in [0.05, 0.1) is 0 Å². The van der Waals surface area contributed by atoms with Crippen molar-refractivity contribution >= 4 is 6.03 Å². The lowest BCUT2D eigenvalue weighted by Gasteiger charge is -2.33. The summed E-state index contributed by atoms with van der Waals surface area (Å²) in [4.78, 5) is 13.7. The Bertz CT molecular complexity index is 226. The van der Waals surface area contributed by atoms with Crippen molar-refractivity contribution in [3.05, 3.63) is 0 Å².